The molecule has 6 nitrogen and oxygen atoms in total. The molecule has 6 heteroatoms. The van der Waals surface area contributed by atoms with Gasteiger partial charge in [0.2, 0.25) is 11.8 Å². The summed E-state index contributed by atoms with van der Waals surface area (Å²) < 4.78 is 6.05. The number of carbonyl (C=O) groups is 3. The second-order valence-corrected chi connectivity index (χ2v) is 10.3. The van der Waals surface area contributed by atoms with Crippen molar-refractivity contribution in [3.05, 3.63) is 29.3 Å². The Kier molecular flexibility index (Phi) is 9.00. The Labute approximate surface area is 203 Å². The van der Waals surface area contributed by atoms with Gasteiger partial charge in [0.1, 0.15) is 11.8 Å². The lowest BCUT2D eigenvalue weighted by Crippen LogP contribution is -2.52. The zero-order valence-electron chi connectivity index (χ0n) is 20.5. The maximum Gasteiger partial charge on any atom is 0.255 e. The molecular formula is C28H40N2O4. The van der Waals surface area contributed by atoms with E-state index in [1.165, 1.54) is 77.0 Å². The lowest BCUT2D eigenvalue weighted by atomic mass is 9.99. The smallest absolute Gasteiger partial charge is 0.255 e. The van der Waals surface area contributed by atoms with Crippen LogP contribution in [0.1, 0.15) is 112 Å². The van der Waals surface area contributed by atoms with Crippen LogP contribution in [0, 0.1) is 5.92 Å². The number of hydrogen-bond donors (Lipinski definition) is 1. The Morgan fingerprint density at radius 3 is 2.32 bits per heavy atom. The van der Waals surface area contributed by atoms with Crippen LogP contribution in [-0.2, 0) is 16.1 Å². The monoisotopic (exact) mass is 468 g/mol. The molecule has 186 valence electrons. The van der Waals surface area contributed by atoms with Crippen LogP contribution in [0.25, 0.3) is 0 Å². The maximum atomic E-state index is 12.9. The first-order chi connectivity index (χ1) is 16.6. The third-order valence-electron chi connectivity index (χ3n) is 7.78. The van der Waals surface area contributed by atoms with Crippen LogP contribution in [0.2, 0.25) is 0 Å². The second kappa shape index (κ2) is 12.4. The highest BCUT2D eigenvalue weighted by molar-refractivity contribution is 6.05. The van der Waals surface area contributed by atoms with Crippen molar-refractivity contribution in [1.29, 1.82) is 0 Å². The van der Waals surface area contributed by atoms with Crippen LogP contribution in [-0.4, -0.2) is 35.3 Å². The van der Waals surface area contributed by atoms with Crippen molar-refractivity contribution >= 4 is 17.7 Å². The fourth-order valence-electron chi connectivity index (χ4n) is 5.77. The number of benzene rings is 1. The summed E-state index contributed by atoms with van der Waals surface area (Å²) in [4.78, 5) is 38.2. The van der Waals surface area contributed by atoms with Gasteiger partial charge in [-0.15, -0.1) is 0 Å². The molecule has 1 saturated carbocycles. The molecule has 1 aliphatic carbocycles. The fourth-order valence-corrected chi connectivity index (χ4v) is 5.77. The van der Waals surface area contributed by atoms with E-state index in [-0.39, 0.29) is 24.1 Å². The van der Waals surface area contributed by atoms with Gasteiger partial charge in [0.05, 0.1) is 13.2 Å². The van der Waals surface area contributed by atoms with E-state index in [4.69, 9.17) is 4.74 Å². The zero-order chi connectivity index (χ0) is 23.8. The molecule has 1 aromatic rings. The Morgan fingerprint density at radius 2 is 1.59 bits per heavy atom. The number of unbranched alkanes of at least 4 members (excludes halogenated alkanes) is 7. The number of ether oxygens (including phenoxy) is 1. The van der Waals surface area contributed by atoms with Gasteiger partial charge in [0.15, 0.2) is 0 Å². The summed E-state index contributed by atoms with van der Waals surface area (Å²) in [6, 6.07) is 4.95. The number of carbonyl (C=O) groups excluding carboxylic acids is 3. The van der Waals surface area contributed by atoms with E-state index >= 15 is 0 Å². The molecule has 0 aromatic heterocycles. The Morgan fingerprint density at radius 1 is 0.882 bits per heavy atom. The van der Waals surface area contributed by atoms with E-state index in [0.717, 1.165) is 23.7 Å². The highest BCUT2D eigenvalue weighted by Crippen LogP contribution is 2.34. The molecule has 3 amide bonds. The van der Waals surface area contributed by atoms with Gasteiger partial charge in [0, 0.05) is 17.5 Å². The van der Waals surface area contributed by atoms with Crippen molar-refractivity contribution in [1.82, 2.24) is 10.2 Å². The number of piperidine rings is 1. The first-order valence-electron chi connectivity index (χ1n) is 13.5. The predicted molar refractivity (Wildman–Crippen MR) is 131 cm³/mol. The predicted octanol–water partition coefficient (Wildman–Crippen LogP) is 5.53. The molecular weight excluding hydrogens is 428 g/mol. The van der Waals surface area contributed by atoms with Gasteiger partial charge in [-0.25, -0.2) is 0 Å². The first-order valence-corrected chi connectivity index (χ1v) is 13.5. The normalized spacial score (nSPS) is 20.6. The summed E-state index contributed by atoms with van der Waals surface area (Å²) in [5.74, 6) is 0.966. The van der Waals surface area contributed by atoms with Gasteiger partial charge in [0.25, 0.3) is 5.91 Å². The van der Waals surface area contributed by atoms with E-state index in [2.05, 4.69) is 5.32 Å². The fraction of sp³-hybridized carbons (Fsp3) is 0.679. The van der Waals surface area contributed by atoms with Gasteiger partial charge >= 0.3 is 0 Å². The number of fused-ring (bicyclic) bond motifs is 1. The number of imide groups is 1. The van der Waals surface area contributed by atoms with Crippen molar-refractivity contribution in [3.8, 4) is 5.75 Å². The summed E-state index contributed by atoms with van der Waals surface area (Å²) in [7, 11) is 0. The van der Waals surface area contributed by atoms with E-state index in [9.17, 15) is 14.4 Å². The van der Waals surface area contributed by atoms with Crippen molar-refractivity contribution in [2.45, 2.75) is 109 Å². The van der Waals surface area contributed by atoms with E-state index in [1.807, 2.05) is 12.1 Å². The molecule has 2 aliphatic heterocycles. The van der Waals surface area contributed by atoms with Crippen molar-refractivity contribution in [2.75, 3.05) is 6.61 Å². The molecule has 1 unspecified atom stereocenters. The van der Waals surface area contributed by atoms with Crippen LogP contribution in [0.15, 0.2) is 18.2 Å². The Bertz CT molecular complexity index is 862. The van der Waals surface area contributed by atoms with Crippen LogP contribution in [0.5, 0.6) is 5.75 Å². The number of rotatable bonds is 13. The molecule has 4 rings (SSSR count). The van der Waals surface area contributed by atoms with Crippen LogP contribution < -0.4 is 10.1 Å². The van der Waals surface area contributed by atoms with Gasteiger partial charge in [-0.1, -0.05) is 83.1 Å². The Hall–Kier alpha value is -2.37. The van der Waals surface area contributed by atoms with Crippen LogP contribution in [0.3, 0.4) is 0 Å². The summed E-state index contributed by atoms with van der Waals surface area (Å²) in [5, 5.41) is 2.35. The molecule has 2 fully saturated rings. The Balaban J connectivity index is 1.11. The number of nitrogens with zero attached hydrogens (tertiary/aromatic N) is 1. The van der Waals surface area contributed by atoms with Gasteiger partial charge in [-0.3, -0.25) is 19.7 Å². The molecule has 0 bridgehead atoms. The number of nitrogens with one attached hydrogen (secondary N) is 1. The van der Waals surface area contributed by atoms with E-state index in [1.54, 1.807) is 11.0 Å². The van der Waals surface area contributed by atoms with Crippen molar-refractivity contribution < 1.29 is 19.1 Å². The average molecular weight is 469 g/mol. The minimum Gasteiger partial charge on any atom is -0.493 e. The maximum absolute atomic E-state index is 12.9. The molecule has 34 heavy (non-hydrogen) atoms. The molecule has 0 radical (unpaired) electrons. The van der Waals surface area contributed by atoms with Gasteiger partial charge < -0.3 is 9.64 Å². The highest BCUT2D eigenvalue weighted by Gasteiger charge is 2.40. The van der Waals surface area contributed by atoms with Gasteiger partial charge in [-0.2, -0.15) is 0 Å². The number of amides is 3. The van der Waals surface area contributed by atoms with E-state index in [0.29, 0.717) is 25.1 Å². The molecule has 1 atom stereocenters. The second-order valence-electron chi connectivity index (χ2n) is 10.3. The standard InChI is InChI=1S/C28H40N2O4/c31-26-18-17-24(27(32)29-26)30-20-23-22(28(30)33)15-11-16-25(23)34-19-10-6-4-2-1-3-5-7-12-21-13-8-9-14-21/h11,15-16,21,24H,1-10,12-14,17-20H2,(H,29,31,32). The summed E-state index contributed by atoms with van der Waals surface area (Å²) in [6.45, 7) is 1.00. The molecule has 3 aliphatic rings. The minimum atomic E-state index is -0.590. The summed E-state index contributed by atoms with van der Waals surface area (Å²) >= 11 is 0. The van der Waals surface area contributed by atoms with Gasteiger partial charge in [-0.05, 0) is 30.9 Å². The lowest BCUT2D eigenvalue weighted by molar-refractivity contribution is -0.136. The third-order valence-corrected chi connectivity index (χ3v) is 7.78. The third kappa shape index (κ3) is 6.39. The van der Waals surface area contributed by atoms with Crippen LogP contribution >= 0.6 is 0 Å². The quantitative estimate of drug-likeness (QED) is 0.305. The largest absolute Gasteiger partial charge is 0.493 e. The van der Waals surface area contributed by atoms with Crippen molar-refractivity contribution in [2.24, 2.45) is 5.92 Å². The molecule has 1 saturated heterocycles. The minimum absolute atomic E-state index is 0.154. The molecule has 1 aromatic carbocycles. The molecule has 0 spiro atoms. The average Bonchev–Trinajstić information content (AvgIpc) is 3.46. The topological polar surface area (TPSA) is 75.7 Å². The first kappa shape index (κ1) is 24.7. The SMILES string of the molecule is O=C1CCC(N2Cc3c(OCCCCCCCCCCC4CCCC4)cccc3C2=O)C(=O)N1. The van der Waals surface area contributed by atoms with Crippen molar-refractivity contribution in [3.63, 3.8) is 0 Å². The summed E-state index contributed by atoms with van der Waals surface area (Å²) in [5.41, 5.74) is 1.46. The number of hydrogen-bond acceptors (Lipinski definition) is 4. The summed E-state index contributed by atoms with van der Waals surface area (Å²) in [6.07, 6.45) is 18.2. The zero-order valence-corrected chi connectivity index (χ0v) is 20.5. The van der Waals surface area contributed by atoms with Crippen LogP contribution in [0.4, 0.5) is 0 Å². The molecule has 1 N–H and O–H groups in total. The lowest BCUT2D eigenvalue weighted by Gasteiger charge is -2.29. The van der Waals surface area contributed by atoms with E-state index < -0.39 is 6.04 Å². The highest BCUT2D eigenvalue weighted by atomic mass is 16.5. The molecule has 2 heterocycles.